The van der Waals surface area contributed by atoms with Crippen molar-refractivity contribution < 1.29 is 24.3 Å². The highest BCUT2D eigenvalue weighted by Crippen LogP contribution is 2.29. The van der Waals surface area contributed by atoms with Gasteiger partial charge in [0.05, 0.1) is 16.3 Å². The fourth-order valence-electron chi connectivity index (χ4n) is 3.02. The highest BCUT2D eigenvalue weighted by molar-refractivity contribution is 6.32. The number of imide groups is 2. The molecule has 0 spiro atoms. The number of aryl methyl sites for hydroxylation is 1. The monoisotopic (exact) mass is 401 g/mol. The largest absolute Gasteiger partial charge is 0.478 e. The first-order chi connectivity index (χ1) is 13.1. The van der Waals surface area contributed by atoms with Gasteiger partial charge in [-0.25, -0.2) is 9.59 Å². The standard InChI is InChI=1S/C19H16ClN3O5/c1-9-6-12(7-13-16(24)21-19(28)22(3)17(13)25)10(2)23(9)15-8-11(18(26)27)4-5-14(15)20/h4-8H,1-3H3,(H,26,27)(H,21,24,28)/b13-7-. The molecule has 0 atom stereocenters. The number of likely N-dealkylation sites (N-methyl/N-ethyl adjacent to an activating group) is 1. The maximum atomic E-state index is 12.3. The van der Waals surface area contributed by atoms with Crippen molar-refractivity contribution in [3.05, 3.63) is 57.4 Å². The smallest absolute Gasteiger partial charge is 0.335 e. The van der Waals surface area contributed by atoms with Crippen LogP contribution in [-0.2, 0) is 9.59 Å². The van der Waals surface area contributed by atoms with E-state index in [9.17, 15) is 24.3 Å². The molecule has 2 N–H and O–H groups in total. The molecular formula is C19H16ClN3O5. The summed E-state index contributed by atoms with van der Waals surface area (Å²) in [5.74, 6) is -2.56. The number of hydrogen-bond acceptors (Lipinski definition) is 4. The van der Waals surface area contributed by atoms with E-state index < -0.39 is 23.8 Å². The molecule has 0 unspecified atom stereocenters. The Hall–Kier alpha value is -3.39. The summed E-state index contributed by atoms with van der Waals surface area (Å²) < 4.78 is 1.74. The van der Waals surface area contributed by atoms with Gasteiger partial charge in [-0.1, -0.05) is 11.6 Å². The van der Waals surface area contributed by atoms with E-state index >= 15 is 0 Å². The highest BCUT2D eigenvalue weighted by atomic mass is 35.5. The van der Waals surface area contributed by atoms with Crippen LogP contribution in [0.2, 0.25) is 5.02 Å². The lowest BCUT2D eigenvalue weighted by molar-refractivity contribution is -0.129. The number of carboxylic acids is 1. The third-order valence-electron chi connectivity index (χ3n) is 4.51. The Kier molecular flexibility index (Phi) is 4.82. The van der Waals surface area contributed by atoms with E-state index in [2.05, 4.69) is 5.32 Å². The third kappa shape index (κ3) is 3.18. The predicted octanol–water partition coefficient (Wildman–Crippen LogP) is 2.54. The van der Waals surface area contributed by atoms with Gasteiger partial charge in [0.2, 0.25) is 0 Å². The van der Waals surface area contributed by atoms with Crippen molar-refractivity contribution in [2.24, 2.45) is 0 Å². The van der Waals surface area contributed by atoms with E-state index in [4.69, 9.17) is 11.6 Å². The summed E-state index contributed by atoms with van der Waals surface area (Å²) in [6, 6.07) is 5.31. The third-order valence-corrected chi connectivity index (χ3v) is 4.83. The zero-order valence-electron chi connectivity index (χ0n) is 15.2. The quantitative estimate of drug-likeness (QED) is 0.606. The van der Waals surface area contributed by atoms with Crippen LogP contribution in [0.25, 0.3) is 11.8 Å². The zero-order chi connectivity index (χ0) is 20.7. The summed E-state index contributed by atoms with van der Waals surface area (Å²) in [6.45, 7) is 3.54. The fourth-order valence-corrected chi connectivity index (χ4v) is 3.22. The first-order valence-corrected chi connectivity index (χ1v) is 8.57. The molecule has 1 aromatic carbocycles. The van der Waals surface area contributed by atoms with Crippen LogP contribution in [-0.4, -0.2) is 45.4 Å². The van der Waals surface area contributed by atoms with Crippen molar-refractivity contribution in [3.8, 4) is 5.69 Å². The van der Waals surface area contributed by atoms with Gasteiger partial charge < -0.3 is 9.67 Å². The minimum atomic E-state index is -1.08. The number of rotatable bonds is 3. The lowest BCUT2D eigenvalue weighted by atomic mass is 10.1. The Bertz CT molecular complexity index is 1080. The van der Waals surface area contributed by atoms with Crippen molar-refractivity contribution in [2.45, 2.75) is 13.8 Å². The Morgan fingerprint density at radius 1 is 1.18 bits per heavy atom. The number of aromatic carboxylic acids is 1. The average molecular weight is 402 g/mol. The van der Waals surface area contributed by atoms with Crippen LogP contribution in [0.1, 0.15) is 27.3 Å². The molecule has 3 rings (SSSR count). The summed E-state index contributed by atoms with van der Waals surface area (Å²) in [5, 5.41) is 11.7. The number of nitrogens with one attached hydrogen (secondary N) is 1. The summed E-state index contributed by atoms with van der Waals surface area (Å²) in [4.78, 5) is 48.0. The van der Waals surface area contributed by atoms with Gasteiger partial charge in [-0.05, 0) is 49.8 Å². The molecule has 9 heteroatoms. The lowest BCUT2D eigenvalue weighted by Gasteiger charge is -2.22. The number of urea groups is 1. The van der Waals surface area contributed by atoms with Crippen molar-refractivity contribution in [2.75, 3.05) is 7.05 Å². The van der Waals surface area contributed by atoms with Gasteiger partial charge in [-0.3, -0.25) is 19.8 Å². The molecule has 2 heterocycles. The first-order valence-electron chi connectivity index (χ1n) is 8.19. The maximum Gasteiger partial charge on any atom is 0.335 e. The number of nitrogens with zero attached hydrogens (tertiary/aromatic N) is 2. The number of carboxylic acid groups (broad SMARTS) is 1. The molecule has 1 aromatic heterocycles. The van der Waals surface area contributed by atoms with E-state index in [1.807, 2.05) is 0 Å². The highest BCUT2D eigenvalue weighted by Gasteiger charge is 2.33. The van der Waals surface area contributed by atoms with Crippen molar-refractivity contribution >= 4 is 41.5 Å². The van der Waals surface area contributed by atoms with Crippen LogP contribution in [0.3, 0.4) is 0 Å². The fraction of sp³-hybridized carbons (Fsp3) is 0.158. The van der Waals surface area contributed by atoms with E-state index in [1.54, 1.807) is 24.5 Å². The molecule has 0 radical (unpaired) electrons. The van der Waals surface area contributed by atoms with Gasteiger partial charge in [0.15, 0.2) is 0 Å². The molecule has 0 aliphatic carbocycles. The van der Waals surface area contributed by atoms with E-state index in [0.717, 1.165) is 10.6 Å². The molecular weight excluding hydrogens is 386 g/mol. The van der Waals surface area contributed by atoms with Gasteiger partial charge in [0.25, 0.3) is 11.8 Å². The van der Waals surface area contributed by atoms with Crippen LogP contribution in [0.4, 0.5) is 4.79 Å². The molecule has 0 bridgehead atoms. The molecule has 1 fully saturated rings. The van der Waals surface area contributed by atoms with Crippen LogP contribution >= 0.6 is 11.6 Å². The van der Waals surface area contributed by atoms with Crippen molar-refractivity contribution in [1.29, 1.82) is 0 Å². The predicted molar refractivity (Wildman–Crippen MR) is 101 cm³/mol. The number of carbonyl (C=O) groups excluding carboxylic acids is 3. The zero-order valence-corrected chi connectivity index (χ0v) is 16.0. The van der Waals surface area contributed by atoms with E-state index in [0.29, 0.717) is 22.0 Å². The Morgan fingerprint density at radius 3 is 2.50 bits per heavy atom. The molecule has 8 nitrogen and oxygen atoms in total. The van der Waals surface area contributed by atoms with E-state index in [-0.39, 0.29) is 11.1 Å². The van der Waals surface area contributed by atoms with E-state index in [1.165, 1.54) is 31.3 Å². The molecule has 28 heavy (non-hydrogen) atoms. The molecule has 1 saturated heterocycles. The second kappa shape index (κ2) is 6.97. The summed E-state index contributed by atoms with van der Waals surface area (Å²) in [6.07, 6.45) is 1.40. The SMILES string of the molecule is Cc1cc(/C=C2/C(=O)NC(=O)N(C)C2=O)c(C)n1-c1cc(C(=O)O)ccc1Cl. The molecule has 144 valence electrons. The first kappa shape index (κ1) is 19.4. The average Bonchev–Trinajstić information content (AvgIpc) is 2.90. The summed E-state index contributed by atoms with van der Waals surface area (Å²) in [5.41, 5.74) is 2.31. The second-order valence-corrected chi connectivity index (χ2v) is 6.72. The minimum Gasteiger partial charge on any atom is -0.478 e. The Labute approximate surface area is 165 Å². The van der Waals surface area contributed by atoms with Crippen molar-refractivity contribution in [3.63, 3.8) is 0 Å². The second-order valence-electron chi connectivity index (χ2n) is 6.31. The number of halogens is 1. The molecule has 1 aliphatic heterocycles. The van der Waals surface area contributed by atoms with Crippen LogP contribution < -0.4 is 5.32 Å². The number of hydrogen-bond donors (Lipinski definition) is 2. The molecule has 4 amide bonds. The minimum absolute atomic E-state index is 0.0776. The molecule has 1 aliphatic rings. The number of carbonyl (C=O) groups is 4. The Morgan fingerprint density at radius 2 is 1.86 bits per heavy atom. The maximum absolute atomic E-state index is 12.3. The van der Waals surface area contributed by atoms with Crippen LogP contribution in [0.15, 0.2) is 29.8 Å². The lowest BCUT2D eigenvalue weighted by Crippen LogP contribution is -2.52. The number of amides is 4. The number of benzene rings is 1. The number of aromatic nitrogens is 1. The van der Waals surface area contributed by atoms with Gasteiger partial charge >= 0.3 is 12.0 Å². The van der Waals surface area contributed by atoms with Gasteiger partial charge in [-0.2, -0.15) is 0 Å². The Balaban J connectivity index is 2.13. The van der Waals surface area contributed by atoms with Crippen LogP contribution in [0.5, 0.6) is 0 Å². The van der Waals surface area contributed by atoms with Gasteiger partial charge in [0, 0.05) is 18.4 Å². The van der Waals surface area contributed by atoms with Crippen LogP contribution in [0, 0.1) is 13.8 Å². The normalized spacial score (nSPS) is 15.9. The van der Waals surface area contributed by atoms with Gasteiger partial charge in [-0.15, -0.1) is 0 Å². The molecule has 2 aromatic rings. The number of barbiturate groups is 1. The summed E-state index contributed by atoms with van der Waals surface area (Å²) >= 11 is 6.27. The van der Waals surface area contributed by atoms with Crippen molar-refractivity contribution in [1.82, 2.24) is 14.8 Å². The molecule has 0 saturated carbocycles. The summed E-state index contributed by atoms with van der Waals surface area (Å²) in [7, 11) is 1.28. The topological polar surface area (TPSA) is 109 Å². The van der Waals surface area contributed by atoms with Gasteiger partial charge in [0.1, 0.15) is 5.57 Å².